The number of hydrogen-bond acceptors (Lipinski definition) is 15. The van der Waals surface area contributed by atoms with Gasteiger partial charge in [-0.3, -0.25) is 4.90 Å². The number of carbonyl (C=O) groups is 2. The van der Waals surface area contributed by atoms with Crippen molar-refractivity contribution in [2.75, 3.05) is 69.5 Å². The van der Waals surface area contributed by atoms with E-state index in [1.807, 2.05) is 46.9 Å². The molecule has 58 heavy (non-hydrogen) atoms. The van der Waals surface area contributed by atoms with Gasteiger partial charge in [0.1, 0.15) is 17.5 Å². The molecule has 1 saturated heterocycles. The topological polar surface area (TPSA) is 171 Å². The van der Waals surface area contributed by atoms with E-state index in [2.05, 4.69) is 78.9 Å². The van der Waals surface area contributed by atoms with E-state index in [1.165, 1.54) is 57.1 Å². The predicted molar refractivity (Wildman–Crippen MR) is 238 cm³/mol. The summed E-state index contributed by atoms with van der Waals surface area (Å²) in [4.78, 5) is 36.2. The summed E-state index contributed by atoms with van der Waals surface area (Å²) in [6.07, 6.45) is 16.6. The monoisotopic (exact) mass is 826 g/mol. The third-order valence-electron chi connectivity index (χ3n) is 9.53. The van der Waals surface area contributed by atoms with Crippen LogP contribution in [0.2, 0.25) is 0 Å². The number of esters is 1. The van der Waals surface area contributed by atoms with Gasteiger partial charge in [-0.05, 0) is 85.3 Å². The summed E-state index contributed by atoms with van der Waals surface area (Å²) in [5, 5.41) is 23.0. The van der Waals surface area contributed by atoms with Crippen molar-refractivity contribution < 1.29 is 23.8 Å². The summed E-state index contributed by atoms with van der Waals surface area (Å²) in [6, 6.07) is 5.37. The van der Waals surface area contributed by atoms with Crippen molar-refractivity contribution in [3.05, 3.63) is 53.1 Å². The molecule has 15 heteroatoms. The van der Waals surface area contributed by atoms with Crippen LogP contribution in [0.4, 0.5) is 17.5 Å². The first kappa shape index (κ1) is 50.3. The van der Waals surface area contributed by atoms with Crippen molar-refractivity contribution in [1.82, 2.24) is 35.3 Å². The molecule has 324 valence electrons. The highest BCUT2D eigenvalue weighted by molar-refractivity contribution is 7.81. The Morgan fingerprint density at radius 1 is 1.00 bits per heavy atom. The van der Waals surface area contributed by atoms with Crippen molar-refractivity contribution in [3.8, 4) is 11.5 Å². The molecule has 0 spiro atoms. The van der Waals surface area contributed by atoms with E-state index in [9.17, 15) is 9.59 Å². The zero-order valence-electron chi connectivity index (χ0n) is 36.4. The lowest BCUT2D eigenvalue weighted by Crippen LogP contribution is -2.47. The van der Waals surface area contributed by atoms with Gasteiger partial charge in [-0.1, -0.05) is 83.8 Å². The van der Waals surface area contributed by atoms with Crippen molar-refractivity contribution >= 4 is 42.5 Å². The maximum atomic E-state index is 12.1. The minimum Gasteiger partial charge on any atom is -0.451 e. The maximum Gasteiger partial charge on any atom is 0.339 e. The van der Waals surface area contributed by atoms with Crippen LogP contribution in [-0.2, 0) is 21.6 Å². The molecule has 0 bridgehead atoms. The second-order valence-electron chi connectivity index (χ2n) is 15.0. The number of aldehydes is 1. The average Bonchev–Trinajstić information content (AvgIpc) is 3.78. The van der Waals surface area contributed by atoms with Gasteiger partial charge in [-0.15, -0.1) is 10.2 Å². The molecule has 1 aromatic carbocycles. The number of fused-ring (bicyclic) bond motifs is 1. The number of ether oxygens (including phenoxy) is 1. The Bertz CT molecular complexity index is 1640. The molecule has 0 saturated carbocycles. The summed E-state index contributed by atoms with van der Waals surface area (Å²) in [6.45, 7) is 20.8. The molecular formula is C43H71N9O5S. The fraction of sp³-hybridized carbons (Fsp3) is 0.628. The Morgan fingerprint density at radius 2 is 1.69 bits per heavy atom. The van der Waals surface area contributed by atoms with Crippen LogP contribution in [0.1, 0.15) is 128 Å². The number of benzene rings is 1. The number of nitrogens with zero attached hydrogens (tertiary/aromatic N) is 6. The molecule has 0 amide bonds. The number of aliphatic hydroxyl groups excluding tert-OH is 1. The quantitative estimate of drug-likeness (QED) is 0.0259. The van der Waals surface area contributed by atoms with Crippen LogP contribution in [0.25, 0.3) is 11.5 Å². The molecule has 4 heterocycles. The number of unbranched alkanes of at least 4 members (excludes halogenated alkanes) is 5. The van der Waals surface area contributed by atoms with Gasteiger partial charge in [0.05, 0.1) is 12.1 Å². The summed E-state index contributed by atoms with van der Waals surface area (Å²) >= 11 is 4.19. The number of anilines is 3. The largest absolute Gasteiger partial charge is 0.451 e. The molecule has 0 radical (unpaired) electrons. The Kier molecular flexibility index (Phi) is 24.7. The SMILES string of the molecule is C/C=C(\C)CCO.CC1(C)OC(=O)c2ccc(Nc3ncc(-c4nnc(CCCN5CCN(CC=O)CC5)o4)c(NS)n3)cc21.CCC.CCCCCCCCNC. The normalized spacial score (nSPS) is 14.8. The summed E-state index contributed by atoms with van der Waals surface area (Å²) in [5.41, 5.74) is 3.16. The highest BCUT2D eigenvalue weighted by Gasteiger charge is 2.37. The van der Waals surface area contributed by atoms with Gasteiger partial charge >= 0.3 is 5.97 Å². The Morgan fingerprint density at radius 3 is 2.31 bits per heavy atom. The lowest BCUT2D eigenvalue weighted by atomic mass is 9.95. The molecule has 0 unspecified atom stereocenters. The Balaban J connectivity index is 0.000000480. The molecule has 2 aliphatic heterocycles. The number of carbonyl (C=O) groups excluding carboxylic acids is 2. The molecule has 2 aliphatic rings. The van der Waals surface area contributed by atoms with Gasteiger partial charge in [-0.25, -0.2) is 9.78 Å². The third kappa shape index (κ3) is 17.9. The predicted octanol–water partition coefficient (Wildman–Crippen LogP) is 8.00. The van der Waals surface area contributed by atoms with Gasteiger partial charge in [0.25, 0.3) is 5.89 Å². The fourth-order valence-corrected chi connectivity index (χ4v) is 6.24. The smallest absolute Gasteiger partial charge is 0.339 e. The Hall–Kier alpha value is -3.89. The second-order valence-corrected chi connectivity index (χ2v) is 15.2. The molecule has 0 atom stereocenters. The first-order valence-corrected chi connectivity index (χ1v) is 21.4. The number of allylic oxidation sites excluding steroid dienone is 1. The summed E-state index contributed by atoms with van der Waals surface area (Å²) in [7, 11) is 2.02. The van der Waals surface area contributed by atoms with Crippen molar-refractivity contribution in [3.63, 3.8) is 0 Å². The van der Waals surface area contributed by atoms with E-state index in [4.69, 9.17) is 14.3 Å². The van der Waals surface area contributed by atoms with Gasteiger partial charge in [0.2, 0.25) is 11.8 Å². The summed E-state index contributed by atoms with van der Waals surface area (Å²) < 4.78 is 14.1. The van der Waals surface area contributed by atoms with E-state index in [1.54, 1.807) is 18.3 Å². The number of aromatic nitrogens is 4. The first-order valence-electron chi connectivity index (χ1n) is 21.0. The maximum absolute atomic E-state index is 12.1. The van der Waals surface area contributed by atoms with Gasteiger partial charge in [-0.2, -0.15) is 4.98 Å². The molecule has 1 fully saturated rings. The van der Waals surface area contributed by atoms with E-state index in [0.717, 1.165) is 63.1 Å². The number of nitrogens with one attached hydrogen (secondary N) is 3. The first-order chi connectivity index (χ1) is 28.0. The molecule has 5 rings (SSSR count). The van der Waals surface area contributed by atoms with Crippen LogP contribution in [0.3, 0.4) is 0 Å². The Labute approximate surface area is 353 Å². The van der Waals surface area contributed by atoms with E-state index in [0.29, 0.717) is 47.6 Å². The number of cyclic esters (lactones) is 1. The number of thiol groups is 1. The highest BCUT2D eigenvalue weighted by Crippen LogP contribution is 2.37. The molecule has 0 aliphatic carbocycles. The zero-order chi connectivity index (χ0) is 42.8. The van der Waals surface area contributed by atoms with Crippen molar-refractivity contribution in [2.45, 2.75) is 118 Å². The van der Waals surface area contributed by atoms with Gasteiger partial charge < -0.3 is 39.3 Å². The number of aliphatic hydroxyl groups is 1. The van der Waals surface area contributed by atoms with E-state index < -0.39 is 5.60 Å². The molecule has 4 N–H and O–H groups in total. The minimum atomic E-state index is -0.700. The molecular weight excluding hydrogens is 755 g/mol. The second kappa shape index (κ2) is 28.5. The number of hydrogen-bond donors (Lipinski definition) is 5. The van der Waals surface area contributed by atoms with E-state index >= 15 is 0 Å². The summed E-state index contributed by atoms with van der Waals surface area (Å²) in [5.74, 6) is 1.27. The average molecular weight is 826 g/mol. The number of piperazine rings is 1. The van der Waals surface area contributed by atoms with Crippen LogP contribution in [0.15, 0.2) is 40.5 Å². The van der Waals surface area contributed by atoms with Crippen LogP contribution in [-0.4, -0.2) is 107 Å². The lowest BCUT2D eigenvalue weighted by Gasteiger charge is -2.33. The van der Waals surface area contributed by atoms with Crippen LogP contribution in [0, 0.1) is 0 Å². The fourth-order valence-electron chi connectivity index (χ4n) is 6.07. The number of aryl methyl sites for hydroxylation is 1. The molecule has 2 aromatic heterocycles. The van der Waals surface area contributed by atoms with Crippen molar-refractivity contribution in [2.24, 2.45) is 0 Å². The molecule has 3 aromatic rings. The highest BCUT2D eigenvalue weighted by atomic mass is 32.1. The van der Waals surface area contributed by atoms with Crippen LogP contribution >= 0.6 is 12.8 Å². The standard InChI is InChI=1S/C25H30N8O4S.C9H21N.C6H12O.C3H8/c1-25(2)19-14-16(5-6-17(19)23(35)37-25)27-24-26-15-18(21(28-24)31-38)22-30-29-20(36-22)4-3-7-32-8-10-33(11-9-32)12-13-34;1-3-4-5-6-7-8-9-10-2;1-3-6(2)4-5-7;1-3-2/h5-6,13-15,38H,3-4,7-12H2,1-2H3,(H2,26,27,28,31);10H,3-9H2,1-2H3;3,7H,4-5H2,1-2H3;3H2,1-2H3/b;;6-3+;. The van der Waals surface area contributed by atoms with Crippen LogP contribution in [0.5, 0.6) is 0 Å². The lowest BCUT2D eigenvalue weighted by molar-refractivity contribution is -0.109. The number of rotatable bonds is 19. The van der Waals surface area contributed by atoms with Gasteiger partial charge in [0.15, 0.2) is 5.82 Å². The van der Waals surface area contributed by atoms with Gasteiger partial charge in [0, 0.05) is 56.7 Å². The van der Waals surface area contributed by atoms with Crippen LogP contribution < -0.4 is 15.4 Å². The van der Waals surface area contributed by atoms with E-state index in [-0.39, 0.29) is 12.6 Å². The van der Waals surface area contributed by atoms with Crippen molar-refractivity contribution in [1.29, 1.82) is 0 Å². The zero-order valence-corrected chi connectivity index (χ0v) is 37.3. The molecule has 14 nitrogen and oxygen atoms in total. The third-order valence-corrected chi connectivity index (χ3v) is 9.74. The minimum absolute atomic E-state index is 0.274.